The number of unbranched alkanes of at least 4 members (excludes halogenated alkanes) is 1. The fourth-order valence-electron chi connectivity index (χ4n) is 2.19. The quantitative estimate of drug-likeness (QED) is 0.652. The molecule has 0 saturated carbocycles. The average molecular weight is 211 g/mol. The molecule has 1 fully saturated rings. The predicted octanol–water partition coefficient (Wildman–Crippen LogP) is 2.72. The second kappa shape index (κ2) is 6.26. The number of piperidine rings is 1. The summed E-state index contributed by atoms with van der Waals surface area (Å²) in [7, 11) is 0. The van der Waals surface area contributed by atoms with Crippen molar-refractivity contribution in [2.45, 2.75) is 46.5 Å². The maximum Gasteiger partial charge on any atom is 0.138 e. The Morgan fingerprint density at radius 2 is 2.13 bits per heavy atom. The van der Waals surface area contributed by atoms with E-state index in [4.69, 9.17) is 0 Å². The van der Waals surface area contributed by atoms with Crippen LogP contribution in [0.3, 0.4) is 0 Å². The van der Waals surface area contributed by atoms with Gasteiger partial charge in [-0.1, -0.05) is 33.6 Å². The lowest BCUT2D eigenvalue weighted by molar-refractivity contribution is -0.125. The highest BCUT2D eigenvalue weighted by Crippen LogP contribution is 2.14. The Kier molecular flexibility index (Phi) is 5.30. The van der Waals surface area contributed by atoms with E-state index in [0.717, 1.165) is 25.4 Å². The van der Waals surface area contributed by atoms with Gasteiger partial charge in [0.1, 0.15) is 5.78 Å². The van der Waals surface area contributed by atoms with Crippen LogP contribution in [0.2, 0.25) is 0 Å². The third-order valence-electron chi connectivity index (χ3n) is 3.26. The summed E-state index contributed by atoms with van der Waals surface area (Å²) in [6.07, 6.45) is 4.73. The van der Waals surface area contributed by atoms with Crippen LogP contribution in [0.25, 0.3) is 0 Å². The summed E-state index contributed by atoms with van der Waals surface area (Å²) in [4.78, 5) is 13.8. The highest BCUT2D eigenvalue weighted by atomic mass is 16.1. The molecule has 0 spiro atoms. The second-order valence-corrected chi connectivity index (χ2v) is 5.31. The molecule has 0 aliphatic carbocycles. The number of carbonyl (C=O) groups excluding carboxylic acids is 1. The van der Waals surface area contributed by atoms with E-state index in [9.17, 15) is 4.79 Å². The Balaban J connectivity index is 2.09. The SMILES string of the molecule is CC(C)CCCCN1CCC(=O)C(C)C1. The Hall–Kier alpha value is -0.370. The van der Waals surface area contributed by atoms with Crippen molar-refractivity contribution in [3.8, 4) is 0 Å². The molecule has 0 bridgehead atoms. The maximum atomic E-state index is 11.3. The molecule has 1 unspecified atom stereocenters. The molecule has 1 saturated heterocycles. The number of Topliss-reactive ketones (excluding diaryl/α,β-unsaturated/α-hetero) is 1. The summed E-state index contributed by atoms with van der Waals surface area (Å²) in [5.41, 5.74) is 0. The first-order valence-electron chi connectivity index (χ1n) is 6.34. The topological polar surface area (TPSA) is 20.3 Å². The van der Waals surface area contributed by atoms with Gasteiger partial charge in [-0.25, -0.2) is 0 Å². The third kappa shape index (κ3) is 4.78. The molecule has 0 aromatic carbocycles. The number of likely N-dealkylation sites (tertiary alicyclic amines) is 1. The lowest BCUT2D eigenvalue weighted by Gasteiger charge is -2.29. The number of carbonyl (C=O) groups is 1. The third-order valence-corrected chi connectivity index (χ3v) is 3.26. The first-order valence-corrected chi connectivity index (χ1v) is 6.34. The van der Waals surface area contributed by atoms with Crippen molar-refractivity contribution >= 4 is 5.78 Å². The van der Waals surface area contributed by atoms with Crippen LogP contribution in [0.5, 0.6) is 0 Å². The van der Waals surface area contributed by atoms with Crippen molar-refractivity contribution in [2.24, 2.45) is 11.8 Å². The molecule has 0 aromatic heterocycles. The molecule has 88 valence electrons. The monoisotopic (exact) mass is 211 g/mol. The van der Waals surface area contributed by atoms with Crippen molar-refractivity contribution in [3.63, 3.8) is 0 Å². The number of ketones is 1. The molecule has 1 rings (SSSR count). The predicted molar refractivity (Wildman–Crippen MR) is 63.9 cm³/mol. The van der Waals surface area contributed by atoms with Gasteiger partial charge in [0.2, 0.25) is 0 Å². The lowest BCUT2D eigenvalue weighted by atomic mass is 9.98. The Bertz CT molecular complexity index is 201. The number of hydrogen-bond donors (Lipinski definition) is 0. The number of hydrogen-bond acceptors (Lipinski definition) is 2. The smallest absolute Gasteiger partial charge is 0.138 e. The minimum Gasteiger partial charge on any atom is -0.302 e. The molecule has 1 aliphatic rings. The van der Waals surface area contributed by atoms with Gasteiger partial charge < -0.3 is 4.90 Å². The normalized spacial score (nSPS) is 23.7. The van der Waals surface area contributed by atoms with Crippen molar-refractivity contribution in [1.29, 1.82) is 0 Å². The summed E-state index contributed by atoms with van der Waals surface area (Å²) in [5.74, 6) is 1.55. The molecule has 1 heterocycles. The molecule has 0 amide bonds. The Morgan fingerprint density at radius 3 is 2.73 bits per heavy atom. The van der Waals surface area contributed by atoms with Crippen molar-refractivity contribution in [3.05, 3.63) is 0 Å². The van der Waals surface area contributed by atoms with Gasteiger partial charge in [-0.15, -0.1) is 0 Å². The Labute approximate surface area is 94.0 Å². The highest BCUT2D eigenvalue weighted by Gasteiger charge is 2.22. The van der Waals surface area contributed by atoms with Gasteiger partial charge in [-0.05, 0) is 18.9 Å². The van der Waals surface area contributed by atoms with Crippen LogP contribution in [-0.2, 0) is 4.79 Å². The van der Waals surface area contributed by atoms with Crippen LogP contribution >= 0.6 is 0 Å². The van der Waals surface area contributed by atoms with Gasteiger partial charge in [0.05, 0.1) is 0 Å². The van der Waals surface area contributed by atoms with Gasteiger partial charge in [0, 0.05) is 25.4 Å². The van der Waals surface area contributed by atoms with Gasteiger partial charge in [0.15, 0.2) is 0 Å². The summed E-state index contributed by atoms with van der Waals surface area (Å²) in [6, 6.07) is 0. The number of rotatable bonds is 5. The van der Waals surface area contributed by atoms with Crippen LogP contribution in [0.15, 0.2) is 0 Å². The molecule has 0 radical (unpaired) electrons. The van der Waals surface area contributed by atoms with E-state index in [1.165, 1.54) is 25.8 Å². The molecule has 1 aliphatic heterocycles. The van der Waals surface area contributed by atoms with Crippen LogP contribution in [0, 0.1) is 11.8 Å². The minimum atomic E-state index is 0.267. The summed E-state index contributed by atoms with van der Waals surface area (Å²) in [6.45, 7) is 9.78. The van der Waals surface area contributed by atoms with Crippen LogP contribution in [0.1, 0.15) is 46.5 Å². The van der Waals surface area contributed by atoms with E-state index >= 15 is 0 Å². The minimum absolute atomic E-state index is 0.267. The van der Waals surface area contributed by atoms with E-state index in [2.05, 4.69) is 25.7 Å². The van der Waals surface area contributed by atoms with Crippen LogP contribution in [0.4, 0.5) is 0 Å². The molecular weight excluding hydrogens is 186 g/mol. The Morgan fingerprint density at radius 1 is 1.40 bits per heavy atom. The average Bonchev–Trinajstić information content (AvgIpc) is 2.18. The van der Waals surface area contributed by atoms with Gasteiger partial charge in [0.25, 0.3) is 0 Å². The zero-order valence-electron chi connectivity index (χ0n) is 10.5. The van der Waals surface area contributed by atoms with E-state index < -0.39 is 0 Å². The largest absolute Gasteiger partial charge is 0.302 e. The van der Waals surface area contributed by atoms with E-state index in [-0.39, 0.29) is 5.92 Å². The van der Waals surface area contributed by atoms with E-state index in [1.54, 1.807) is 0 Å². The molecule has 0 N–H and O–H groups in total. The zero-order chi connectivity index (χ0) is 11.3. The van der Waals surface area contributed by atoms with E-state index in [0.29, 0.717) is 5.78 Å². The highest BCUT2D eigenvalue weighted by molar-refractivity contribution is 5.81. The molecular formula is C13H25NO. The molecule has 15 heavy (non-hydrogen) atoms. The first-order chi connectivity index (χ1) is 7.09. The van der Waals surface area contributed by atoms with Gasteiger partial charge in [-0.3, -0.25) is 4.79 Å². The fraction of sp³-hybridized carbons (Fsp3) is 0.923. The van der Waals surface area contributed by atoms with Crippen molar-refractivity contribution in [2.75, 3.05) is 19.6 Å². The second-order valence-electron chi connectivity index (χ2n) is 5.31. The van der Waals surface area contributed by atoms with Crippen molar-refractivity contribution in [1.82, 2.24) is 4.90 Å². The fourth-order valence-corrected chi connectivity index (χ4v) is 2.19. The van der Waals surface area contributed by atoms with Crippen LogP contribution in [-0.4, -0.2) is 30.3 Å². The van der Waals surface area contributed by atoms with Gasteiger partial charge >= 0.3 is 0 Å². The molecule has 0 aromatic rings. The van der Waals surface area contributed by atoms with E-state index in [1.807, 2.05) is 0 Å². The van der Waals surface area contributed by atoms with Gasteiger partial charge in [-0.2, -0.15) is 0 Å². The maximum absolute atomic E-state index is 11.3. The summed E-state index contributed by atoms with van der Waals surface area (Å²) < 4.78 is 0. The summed E-state index contributed by atoms with van der Waals surface area (Å²) in [5, 5.41) is 0. The molecule has 1 atom stereocenters. The standard InChI is InChI=1S/C13H25NO/c1-11(2)6-4-5-8-14-9-7-13(15)12(3)10-14/h11-12H,4-10H2,1-3H3. The molecule has 2 heteroatoms. The number of nitrogens with zero attached hydrogens (tertiary/aromatic N) is 1. The van der Waals surface area contributed by atoms with Crippen LogP contribution < -0.4 is 0 Å². The van der Waals surface area contributed by atoms with Crippen molar-refractivity contribution < 1.29 is 4.79 Å². The lowest BCUT2D eigenvalue weighted by Crippen LogP contribution is -2.39. The summed E-state index contributed by atoms with van der Waals surface area (Å²) >= 11 is 0. The zero-order valence-corrected chi connectivity index (χ0v) is 10.5. The molecule has 2 nitrogen and oxygen atoms in total. The first kappa shape index (κ1) is 12.7.